The van der Waals surface area contributed by atoms with Gasteiger partial charge < -0.3 is 20.1 Å². The number of carbonyl (C=O) groups excluding carboxylic acids is 1. The molecule has 0 fully saturated rings. The fourth-order valence-corrected chi connectivity index (χ4v) is 2.08. The number of urea groups is 1. The minimum Gasteiger partial charge on any atom is -0.435 e. The highest BCUT2D eigenvalue weighted by Crippen LogP contribution is 2.19. The minimum absolute atomic E-state index is 0.0559. The number of rotatable bonds is 8. The van der Waals surface area contributed by atoms with Crippen molar-refractivity contribution in [2.45, 2.75) is 19.6 Å². The number of anilines is 1. The highest BCUT2D eigenvalue weighted by molar-refractivity contribution is 5.89. The summed E-state index contributed by atoms with van der Waals surface area (Å²) >= 11 is 0. The number of benzene rings is 2. The largest absolute Gasteiger partial charge is 0.435 e. The number of alkyl halides is 4. The van der Waals surface area contributed by atoms with Crippen molar-refractivity contribution in [2.24, 2.45) is 0 Å². The number of carbonyl (C=O) groups is 1. The lowest BCUT2D eigenvalue weighted by Crippen LogP contribution is -2.30. The van der Waals surface area contributed by atoms with Crippen molar-refractivity contribution in [3.05, 3.63) is 54.1 Å². The summed E-state index contributed by atoms with van der Waals surface area (Å²) in [6.45, 7) is -5.54. The molecule has 140 valence electrons. The molecule has 0 spiro atoms. The van der Waals surface area contributed by atoms with Crippen molar-refractivity contribution < 1.29 is 31.8 Å². The summed E-state index contributed by atoms with van der Waals surface area (Å²) in [5.74, 6) is -0.00995. The van der Waals surface area contributed by atoms with Crippen LogP contribution in [0, 0.1) is 0 Å². The lowest BCUT2D eigenvalue weighted by atomic mass is 10.1. The van der Waals surface area contributed by atoms with Crippen LogP contribution in [0.5, 0.6) is 11.5 Å². The van der Waals surface area contributed by atoms with E-state index in [1.165, 1.54) is 36.4 Å². The van der Waals surface area contributed by atoms with Crippen LogP contribution in [0.25, 0.3) is 0 Å². The van der Waals surface area contributed by atoms with E-state index < -0.39 is 19.3 Å². The van der Waals surface area contributed by atoms with E-state index in [2.05, 4.69) is 20.1 Å². The monoisotopic (exact) mass is 372 g/mol. The second-order valence-corrected chi connectivity index (χ2v) is 5.06. The Hall–Kier alpha value is -2.97. The number of nitrogens with one attached hydrogen (secondary N) is 2. The quantitative estimate of drug-likeness (QED) is 0.681. The minimum atomic E-state index is -2.95. The molecule has 0 aliphatic rings. The van der Waals surface area contributed by atoms with Crippen LogP contribution in [-0.4, -0.2) is 25.8 Å². The predicted molar refractivity (Wildman–Crippen MR) is 86.9 cm³/mol. The van der Waals surface area contributed by atoms with Crippen LogP contribution < -0.4 is 20.1 Å². The molecule has 0 heterocycles. The molecule has 2 amide bonds. The van der Waals surface area contributed by atoms with E-state index in [1.54, 1.807) is 12.1 Å². The predicted octanol–water partition coefficient (Wildman–Crippen LogP) is 4.25. The molecular formula is C17H16F4N2O3. The van der Waals surface area contributed by atoms with Gasteiger partial charge in [-0.1, -0.05) is 18.2 Å². The van der Waals surface area contributed by atoms with E-state index >= 15 is 0 Å². The van der Waals surface area contributed by atoms with Crippen molar-refractivity contribution in [3.63, 3.8) is 0 Å². The van der Waals surface area contributed by atoms with Gasteiger partial charge in [-0.3, -0.25) is 0 Å². The van der Waals surface area contributed by atoms with Crippen molar-refractivity contribution in [1.82, 2.24) is 5.32 Å². The second kappa shape index (κ2) is 9.50. The van der Waals surface area contributed by atoms with E-state index in [0.29, 0.717) is 12.1 Å². The molecule has 9 heteroatoms. The number of amides is 2. The van der Waals surface area contributed by atoms with Crippen molar-refractivity contribution in [2.75, 3.05) is 11.9 Å². The van der Waals surface area contributed by atoms with E-state index in [1.807, 2.05) is 0 Å². The van der Waals surface area contributed by atoms with Gasteiger partial charge in [-0.05, 0) is 36.2 Å². The third-order valence-electron chi connectivity index (χ3n) is 3.16. The topological polar surface area (TPSA) is 59.6 Å². The smallest absolute Gasteiger partial charge is 0.387 e. The summed E-state index contributed by atoms with van der Waals surface area (Å²) < 4.78 is 56.9. The first-order chi connectivity index (χ1) is 12.4. The fourth-order valence-electron chi connectivity index (χ4n) is 2.08. The Balaban J connectivity index is 1.76. The molecule has 5 nitrogen and oxygen atoms in total. The Morgan fingerprint density at radius 3 is 2.23 bits per heavy atom. The van der Waals surface area contributed by atoms with Crippen LogP contribution >= 0.6 is 0 Å². The zero-order valence-corrected chi connectivity index (χ0v) is 13.4. The summed E-state index contributed by atoms with van der Waals surface area (Å²) in [5, 5.41) is 5.09. The van der Waals surface area contributed by atoms with Gasteiger partial charge in [-0.15, -0.1) is 0 Å². The number of ether oxygens (including phenoxy) is 2. The third-order valence-corrected chi connectivity index (χ3v) is 3.16. The zero-order chi connectivity index (χ0) is 18.9. The van der Waals surface area contributed by atoms with E-state index in [9.17, 15) is 22.4 Å². The van der Waals surface area contributed by atoms with Gasteiger partial charge in [-0.25, -0.2) is 4.79 Å². The first-order valence-electron chi connectivity index (χ1n) is 7.56. The van der Waals surface area contributed by atoms with Gasteiger partial charge in [0.15, 0.2) is 0 Å². The number of halogens is 4. The average molecular weight is 372 g/mol. The molecule has 2 aromatic carbocycles. The van der Waals surface area contributed by atoms with E-state index in [-0.39, 0.29) is 18.0 Å². The Kier molecular flexibility index (Phi) is 7.07. The summed E-state index contributed by atoms with van der Waals surface area (Å²) in [5.41, 5.74) is 1.12. The van der Waals surface area contributed by atoms with E-state index in [4.69, 9.17) is 0 Å². The van der Waals surface area contributed by atoms with Gasteiger partial charge >= 0.3 is 19.3 Å². The van der Waals surface area contributed by atoms with Crippen LogP contribution in [0.2, 0.25) is 0 Å². The van der Waals surface area contributed by atoms with Crippen molar-refractivity contribution in [1.29, 1.82) is 0 Å². The molecule has 0 aliphatic carbocycles. The van der Waals surface area contributed by atoms with Crippen molar-refractivity contribution in [3.8, 4) is 11.5 Å². The molecule has 0 saturated heterocycles. The number of hydrogen-bond donors (Lipinski definition) is 2. The molecule has 26 heavy (non-hydrogen) atoms. The van der Waals surface area contributed by atoms with Gasteiger partial charge in [0, 0.05) is 18.3 Å². The maximum Gasteiger partial charge on any atom is 0.387 e. The first kappa shape index (κ1) is 19.4. The third kappa shape index (κ3) is 6.88. The average Bonchev–Trinajstić information content (AvgIpc) is 2.55. The Morgan fingerprint density at radius 2 is 1.58 bits per heavy atom. The molecule has 2 rings (SSSR count). The molecule has 2 N–H and O–H groups in total. The standard InChI is InChI=1S/C17H16F4N2O3/c18-15(19)25-13-6-4-11(5-7-13)8-9-22-17(24)23-12-2-1-3-14(10-12)26-16(20)21/h1-7,10,15-16H,8-9H2,(H2,22,23,24). The Bertz CT molecular complexity index is 711. The highest BCUT2D eigenvalue weighted by atomic mass is 19.3. The lowest BCUT2D eigenvalue weighted by molar-refractivity contribution is -0.0505. The van der Waals surface area contributed by atoms with E-state index in [0.717, 1.165) is 5.56 Å². The van der Waals surface area contributed by atoms with Crippen LogP contribution in [0.15, 0.2) is 48.5 Å². The summed E-state index contributed by atoms with van der Waals surface area (Å²) in [6, 6.07) is 11.1. The van der Waals surface area contributed by atoms with Gasteiger partial charge in [0.05, 0.1) is 0 Å². The first-order valence-corrected chi connectivity index (χ1v) is 7.56. The molecule has 0 unspecified atom stereocenters. The van der Waals surface area contributed by atoms with Gasteiger partial charge in [-0.2, -0.15) is 17.6 Å². The summed E-state index contributed by atoms with van der Waals surface area (Å²) in [7, 11) is 0. The van der Waals surface area contributed by atoms with Crippen LogP contribution in [0.1, 0.15) is 5.56 Å². The highest BCUT2D eigenvalue weighted by Gasteiger charge is 2.07. The SMILES string of the molecule is O=C(NCCc1ccc(OC(F)F)cc1)Nc1cccc(OC(F)F)c1. The molecule has 0 aliphatic heterocycles. The molecule has 0 saturated carbocycles. The molecule has 0 aromatic heterocycles. The Morgan fingerprint density at radius 1 is 0.923 bits per heavy atom. The van der Waals surface area contributed by atoms with Gasteiger partial charge in [0.25, 0.3) is 0 Å². The van der Waals surface area contributed by atoms with Crippen LogP contribution in [-0.2, 0) is 6.42 Å². The number of hydrogen-bond acceptors (Lipinski definition) is 3. The molecular weight excluding hydrogens is 356 g/mol. The molecule has 2 aromatic rings. The maximum absolute atomic E-state index is 12.2. The van der Waals surface area contributed by atoms with Crippen LogP contribution in [0.3, 0.4) is 0 Å². The maximum atomic E-state index is 12.2. The zero-order valence-electron chi connectivity index (χ0n) is 13.4. The van der Waals surface area contributed by atoms with Gasteiger partial charge in [0.2, 0.25) is 0 Å². The second-order valence-electron chi connectivity index (χ2n) is 5.06. The van der Waals surface area contributed by atoms with Crippen LogP contribution in [0.4, 0.5) is 28.0 Å². The fraction of sp³-hybridized carbons (Fsp3) is 0.235. The lowest BCUT2D eigenvalue weighted by Gasteiger charge is -2.10. The summed E-state index contributed by atoms with van der Waals surface area (Å²) in [6.07, 6.45) is 0.469. The Labute approximate surface area is 146 Å². The summed E-state index contributed by atoms with van der Waals surface area (Å²) in [4.78, 5) is 11.8. The molecule has 0 radical (unpaired) electrons. The van der Waals surface area contributed by atoms with Crippen molar-refractivity contribution >= 4 is 11.7 Å². The van der Waals surface area contributed by atoms with Gasteiger partial charge in [0.1, 0.15) is 11.5 Å². The molecule has 0 atom stereocenters. The molecule has 0 bridgehead atoms. The normalized spacial score (nSPS) is 10.7.